The van der Waals surface area contributed by atoms with Crippen LogP contribution in [0, 0.1) is 0 Å². The number of nitrogens with zero attached hydrogens (tertiary/aromatic N) is 2. The molecule has 0 aromatic rings. The number of hydrogen-bond acceptors (Lipinski definition) is 4. The first kappa shape index (κ1) is 7.60. The van der Waals surface area contributed by atoms with Gasteiger partial charge >= 0.3 is 0 Å². The molecule has 0 saturated carbocycles. The van der Waals surface area contributed by atoms with Crippen molar-refractivity contribution in [1.29, 1.82) is 0 Å². The Morgan fingerprint density at radius 2 is 2.20 bits per heavy atom. The van der Waals surface area contributed by atoms with Gasteiger partial charge in [-0.15, -0.1) is 0 Å². The lowest BCUT2D eigenvalue weighted by molar-refractivity contribution is 0.321. The monoisotopic (exact) mass is 158 g/mol. The molecule has 0 unspecified atom stereocenters. The Labute approximate surface area is 64.2 Å². The lowest BCUT2D eigenvalue weighted by atomic mass is 10.4. The van der Waals surface area contributed by atoms with E-state index in [9.17, 15) is 0 Å². The number of rotatable bonds is 0. The van der Waals surface area contributed by atoms with Crippen LogP contribution in [-0.4, -0.2) is 20.8 Å². The van der Waals surface area contributed by atoms with Crippen molar-refractivity contribution in [2.24, 2.45) is 10.1 Å². The van der Waals surface area contributed by atoms with Crippen molar-refractivity contribution in [3.8, 4) is 0 Å². The molecular weight excluding hydrogens is 148 g/mol. The summed E-state index contributed by atoms with van der Waals surface area (Å²) in [4.78, 5) is 4.11. The van der Waals surface area contributed by atoms with E-state index >= 15 is 0 Å². The van der Waals surface area contributed by atoms with Gasteiger partial charge in [-0.05, 0) is 20.8 Å². The predicted molar refractivity (Wildman–Crippen MR) is 44.0 cm³/mol. The van der Waals surface area contributed by atoms with Gasteiger partial charge in [-0.2, -0.15) is 0 Å². The Morgan fingerprint density at radius 1 is 1.60 bits per heavy atom. The summed E-state index contributed by atoms with van der Waals surface area (Å²) in [5.41, 5.74) is 0.817. The lowest BCUT2D eigenvalue weighted by Crippen LogP contribution is -2.05. The van der Waals surface area contributed by atoms with Crippen molar-refractivity contribution in [2.45, 2.75) is 25.6 Å². The smallest absolute Gasteiger partial charge is 0.158 e. The van der Waals surface area contributed by atoms with Gasteiger partial charge in [0.2, 0.25) is 0 Å². The Bertz CT molecular complexity index is 208. The van der Waals surface area contributed by atoms with Crippen LogP contribution >= 0.6 is 11.8 Å². The second-order valence-corrected chi connectivity index (χ2v) is 4.24. The molecular formula is C6H10N2OS. The van der Waals surface area contributed by atoms with Crippen LogP contribution in [0.2, 0.25) is 0 Å². The minimum atomic E-state index is -0.147. The second-order valence-electron chi connectivity index (χ2n) is 2.65. The minimum absolute atomic E-state index is 0.147. The number of aliphatic imine (C=N–C) groups is 1. The van der Waals surface area contributed by atoms with Gasteiger partial charge in [-0.25, -0.2) is 0 Å². The molecule has 0 bridgehead atoms. The van der Waals surface area contributed by atoms with Crippen molar-refractivity contribution in [2.75, 3.05) is 0 Å². The molecule has 1 rings (SSSR count). The molecule has 0 fully saturated rings. The summed E-state index contributed by atoms with van der Waals surface area (Å²) in [6.45, 7) is 5.81. The molecule has 0 atom stereocenters. The number of thioether (sulfide) groups is 1. The molecule has 0 amide bonds. The predicted octanol–water partition coefficient (Wildman–Crippen LogP) is 1.72. The van der Waals surface area contributed by atoms with Gasteiger partial charge in [-0.1, -0.05) is 16.9 Å². The molecule has 0 aliphatic carbocycles. The third-order valence-electron chi connectivity index (χ3n) is 1.18. The summed E-state index contributed by atoms with van der Waals surface area (Å²) in [6, 6.07) is 0. The van der Waals surface area contributed by atoms with E-state index in [1.54, 1.807) is 0 Å². The van der Waals surface area contributed by atoms with Gasteiger partial charge in [0.1, 0.15) is 4.87 Å². The second kappa shape index (κ2) is 2.27. The van der Waals surface area contributed by atoms with E-state index in [0.29, 0.717) is 5.04 Å². The standard InChI is InChI=1S/C6H10N2OS/c1-4-5(8-9)10-6(2,3)7-4/h9H,1-3H3/b8-5-. The first-order valence-corrected chi connectivity index (χ1v) is 3.85. The number of hydrogen-bond donors (Lipinski definition) is 1. The molecule has 0 spiro atoms. The van der Waals surface area contributed by atoms with Crippen LogP contribution in [0.5, 0.6) is 0 Å². The van der Waals surface area contributed by atoms with E-state index < -0.39 is 0 Å². The molecule has 56 valence electrons. The fourth-order valence-corrected chi connectivity index (χ4v) is 1.77. The van der Waals surface area contributed by atoms with Gasteiger partial charge in [0, 0.05) is 0 Å². The van der Waals surface area contributed by atoms with Gasteiger partial charge in [0.15, 0.2) is 5.04 Å². The Hall–Kier alpha value is -0.510. The molecule has 1 heterocycles. The Kier molecular flexibility index (Phi) is 1.72. The van der Waals surface area contributed by atoms with E-state index in [4.69, 9.17) is 5.21 Å². The van der Waals surface area contributed by atoms with Crippen LogP contribution in [0.25, 0.3) is 0 Å². The van der Waals surface area contributed by atoms with E-state index in [2.05, 4.69) is 10.1 Å². The Balaban J connectivity index is 2.89. The molecule has 0 aromatic carbocycles. The van der Waals surface area contributed by atoms with Crippen LogP contribution in [0.1, 0.15) is 20.8 Å². The molecule has 1 aliphatic heterocycles. The summed E-state index contributed by atoms with van der Waals surface area (Å²) in [7, 11) is 0. The molecule has 10 heavy (non-hydrogen) atoms. The zero-order valence-electron chi connectivity index (χ0n) is 6.25. The molecule has 0 saturated heterocycles. The SMILES string of the molecule is CC1=NC(C)(C)S/C1=N\O. The molecule has 1 N–H and O–H groups in total. The maximum Gasteiger partial charge on any atom is 0.158 e. The van der Waals surface area contributed by atoms with Crippen LogP contribution in [0.15, 0.2) is 10.1 Å². The first-order chi connectivity index (χ1) is 4.55. The summed E-state index contributed by atoms with van der Waals surface area (Å²) in [6.07, 6.45) is 0. The van der Waals surface area contributed by atoms with Gasteiger partial charge < -0.3 is 5.21 Å². The quantitative estimate of drug-likeness (QED) is 0.431. The van der Waals surface area contributed by atoms with Crippen molar-refractivity contribution in [3.05, 3.63) is 0 Å². The van der Waals surface area contributed by atoms with E-state index in [-0.39, 0.29) is 4.87 Å². The molecule has 4 heteroatoms. The molecule has 0 radical (unpaired) electrons. The van der Waals surface area contributed by atoms with Crippen LogP contribution in [-0.2, 0) is 0 Å². The fourth-order valence-electron chi connectivity index (χ4n) is 0.878. The normalized spacial score (nSPS) is 27.1. The third kappa shape index (κ3) is 1.31. The van der Waals surface area contributed by atoms with Crippen molar-refractivity contribution in [3.63, 3.8) is 0 Å². The average Bonchev–Trinajstić information content (AvgIpc) is 2.05. The average molecular weight is 158 g/mol. The third-order valence-corrected chi connectivity index (χ3v) is 2.34. The summed E-state index contributed by atoms with van der Waals surface area (Å²) in [5.74, 6) is 0. The highest BCUT2D eigenvalue weighted by atomic mass is 32.2. The van der Waals surface area contributed by atoms with Crippen molar-refractivity contribution < 1.29 is 5.21 Å². The summed E-state index contributed by atoms with van der Waals surface area (Å²) >= 11 is 1.47. The maximum absolute atomic E-state index is 8.45. The summed E-state index contributed by atoms with van der Waals surface area (Å²) in [5, 5.41) is 12.2. The van der Waals surface area contributed by atoms with Crippen LogP contribution in [0.3, 0.4) is 0 Å². The summed E-state index contributed by atoms with van der Waals surface area (Å²) < 4.78 is 0. The van der Waals surface area contributed by atoms with Gasteiger partial charge in [0.25, 0.3) is 0 Å². The highest BCUT2D eigenvalue weighted by molar-refractivity contribution is 8.17. The first-order valence-electron chi connectivity index (χ1n) is 3.03. The minimum Gasteiger partial charge on any atom is -0.410 e. The fraction of sp³-hybridized carbons (Fsp3) is 0.667. The van der Waals surface area contributed by atoms with Gasteiger partial charge in [0.05, 0.1) is 5.71 Å². The largest absolute Gasteiger partial charge is 0.410 e. The van der Waals surface area contributed by atoms with E-state index in [1.165, 1.54) is 11.8 Å². The van der Waals surface area contributed by atoms with Gasteiger partial charge in [-0.3, -0.25) is 4.99 Å². The zero-order chi connectivity index (χ0) is 7.78. The topological polar surface area (TPSA) is 45.0 Å². The molecule has 0 aromatic heterocycles. The molecule has 1 aliphatic rings. The maximum atomic E-state index is 8.45. The highest BCUT2D eigenvalue weighted by Crippen LogP contribution is 2.33. The highest BCUT2D eigenvalue weighted by Gasteiger charge is 2.29. The van der Waals surface area contributed by atoms with Crippen molar-refractivity contribution >= 4 is 22.5 Å². The van der Waals surface area contributed by atoms with Crippen LogP contribution < -0.4 is 0 Å². The lowest BCUT2D eigenvalue weighted by Gasteiger charge is -2.09. The van der Waals surface area contributed by atoms with E-state index in [0.717, 1.165) is 5.71 Å². The van der Waals surface area contributed by atoms with Crippen LogP contribution in [0.4, 0.5) is 0 Å². The Morgan fingerprint density at radius 3 is 2.40 bits per heavy atom. The van der Waals surface area contributed by atoms with Crippen molar-refractivity contribution in [1.82, 2.24) is 0 Å². The molecule has 3 nitrogen and oxygen atoms in total. The number of oxime groups is 1. The zero-order valence-corrected chi connectivity index (χ0v) is 7.07. The van der Waals surface area contributed by atoms with E-state index in [1.807, 2.05) is 20.8 Å².